The molecule has 0 aliphatic carbocycles. The van der Waals surface area contributed by atoms with Crippen LogP contribution in [0, 0.1) is 5.82 Å². The number of hydrogen-bond donors (Lipinski definition) is 2. The summed E-state index contributed by atoms with van der Waals surface area (Å²) in [6, 6.07) is 14.8. The molecule has 5 heteroatoms. The Morgan fingerprint density at radius 3 is 2.50 bits per heavy atom. The quantitative estimate of drug-likeness (QED) is 0.805. The molecule has 0 aromatic heterocycles. The Hall–Kier alpha value is -1.98. The van der Waals surface area contributed by atoms with Crippen LogP contribution in [0.3, 0.4) is 0 Å². The maximum absolute atomic E-state index is 12.9. The van der Waals surface area contributed by atoms with Crippen LogP contribution in [0.4, 0.5) is 10.1 Å². The van der Waals surface area contributed by atoms with Gasteiger partial charge in [-0.2, -0.15) is 0 Å². The molecular formula is C19H22FN3S. The third-order valence-electron chi connectivity index (χ3n) is 4.15. The normalized spacial score (nSPS) is 14.5. The molecule has 0 unspecified atom stereocenters. The molecule has 3 nitrogen and oxygen atoms in total. The van der Waals surface area contributed by atoms with Crippen LogP contribution in [0.2, 0.25) is 0 Å². The largest absolute Gasteiger partial charge is 0.358 e. The van der Waals surface area contributed by atoms with Crippen molar-refractivity contribution in [1.29, 1.82) is 0 Å². The lowest BCUT2D eigenvalue weighted by Gasteiger charge is -2.15. The summed E-state index contributed by atoms with van der Waals surface area (Å²) in [4.78, 5) is 2.49. The Kier molecular flexibility index (Phi) is 5.77. The van der Waals surface area contributed by atoms with Crippen LogP contribution in [-0.4, -0.2) is 23.1 Å². The van der Waals surface area contributed by atoms with Gasteiger partial charge in [-0.1, -0.05) is 24.3 Å². The van der Waals surface area contributed by atoms with Crippen LogP contribution >= 0.6 is 12.2 Å². The Morgan fingerprint density at radius 2 is 1.75 bits per heavy atom. The summed E-state index contributed by atoms with van der Waals surface area (Å²) in [5, 5.41) is 6.79. The van der Waals surface area contributed by atoms with Crippen molar-refractivity contribution in [1.82, 2.24) is 10.2 Å². The van der Waals surface area contributed by atoms with Crippen molar-refractivity contribution in [2.75, 3.05) is 18.4 Å². The third-order valence-corrected chi connectivity index (χ3v) is 4.40. The summed E-state index contributed by atoms with van der Waals surface area (Å²) in [7, 11) is 0. The first-order chi connectivity index (χ1) is 11.7. The highest BCUT2D eigenvalue weighted by atomic mass is 32.1. The zero-order chi connectivity index (χ0) is 16.8. The molecule has 1 fully saturated rings. The summed E-state index contributed by atoms with van der Waals surface area (Å²) in [5.74, 6) is -0.255. The van der Waals surface area contributed by atoms with E-state index in [1.54, 1.807) is 12.1 Å². The van der Waals surface area contributed by atoms with E-state index in [4.69, 9.17) is 12.2 Å². The second-order valence-corrected chi connectivity index (χ2v) is 6.53. The molecule has 24 heavy (non-hydrogen) atoms. The second-order valence-electron chi connectivity index (χ2n) is 6.12. The number of benzene rings is 2. The van der Waals surface area contributed by atoms with Crippen molar-refractivity contribution in [3.8, 4) is 0 Å². The van der Waals surface area contributed by atoms with E-state index in [-0.39, 0.29) is 5.82 Å². The van der Waals surface area contributed by atoms with Crippen LogP contribution in [0.1, 0.15) is 24.0 Å². The van der Waals surface area contributed by atoms with Crippen molar-refractivity contribution < 1.29 is 4.39 Å². The minimum absolute atomic E-state index is 0.255. The Bertz CT molecular complexity index is 681. The molecule has 1 heterocycles. The lowest BCUT2D eigenvalue weighted by Crippen LogP contribution is -2.28. The molecule has 3 rings (SSSR count). The van der Waals surface area contributed by atoms with E-state index < -0.39 is 0 Å². The maximum atomic E-state index is 12.9. The molecule has 0 amide bonds. The van der Waals surface area contributed by atoms with Gasteiger partial charge in [0, 0.05) is 18.8 Å². The van der Waals surface area contributed by atoms with Crippen LogP contribution in [0.15, 0.2) is 48.5 Å². The summed E-state index contributed by atoms with van der Waals surface area (Å²) >= 11 is 5.29. The fourth-order valence-corrected chi connectivity index (χ4v) is 3.12. The van der Waals surface area contributed by atoms with Gasteiger partial charge in [0.25, 0.3) is 0 Å². The topological polar surface area (TPSA) is 27.3 Å². The molecule has 2 N–H and O–H groups in total. The van der Waals surface area contributed by atoms with E-state index >= 15 is 0 Å². The summed E-state index contributed by atoms with van der Waals surface area (Å²) < 4.78 is 12.9. The predicted octanol–water partition coefficient (Wildman–Crippen LogP) is 3.91. The standard InChI is InChI=1S/C19H22FN3S/c20-17-6-8-18(9-7-17)22-19(24)21-13-15-4-3-5-16(12-15)14-23-10-1-2-11-23/h3-9,12H,1-2,10-11,13-14H2,(H2,21,22,24). The first kappa shape index (κ1) is 16.9. The van der Waals surface area contributed by atoms with E-state index in [2.05, 4.69) is 39.8 Å². The summed E-state index contributed by atoms with van der Waals surface area (Å²) in [5.41, 5.74) is 3.32. The molecule has 126 valence electrons. The molecule has 0 atom stereocenters. The first-order valence-electron chi connectivity index (χ1n) is 8.30. The Balaban J connectivity index is 1.50. The monoisotopic (exact) mass is 343 g/mol. The number of halogens is 1. The SMILES string of the molecule is Fc1ccc(NC(=S)NCc2cccc(CN3CCCC3)c2)cc1. The minimum Gasteiger partial charge on any atom is -0.358 e. The molecule has 2 aromatic rings. The van der Waals surface area contributed by atoms with Gasteiger partial charge in [0.1, 0.15) is 5.82 Å². The van der Waals surface area contributed by atoms with Crippen LogP contribution in [0.5, 0.6) is 0 Å². The van der Waals surface area contributed by atoms with Gasteiger partial charge in [-0.3, -0.25) is 4.90 Å². The van der Waals surface area contributed by atoms with Crippen molar-refractivity contribution >= 4 is 23.0 Å². The predicted molar refractivity (Wildman–Crippen MR) is 100 cm³/mol. The van der Waals surface area contributed by atoms with Gasteiger partial charge in [-0.05, 0) is 73.5 Å². The zero-order valence-electron chi connectivity index (χ0n) is 13.6. The van der Waals surface area contributed by atoms with E-state index in [1.165, 1.54) is 49.2 Å². The number of likely N-dealkylation sites (tertiary alicyclic amines) is 1. The zero-order valence-corrected chi connectivity index (χ0v) is 14.4. The van der Waals surface area contributed by atoms with Gasteiger partial charge in [-0.25, -0.2) is 4.39 Å². The molecule has 2 aromatic carbocycles. The number of nitrogens with one attached hydrogen (secondary N) is 2. The number of hydrogen-bond acceptors (Lipinski definition) is 2. The van der Waals surface area contributed by atoms with Crippen molar-refractivity contribution in [2.45, 2.75) is 25.9 Å². The molecule has 0 radical (unpaired) electrons. The number of thiocarbonyl (C=S) groups is 1. The van der Waals surface area contributed by atoms with Crippen molar-refractivity contribution in [2.24, 2.45) is 0 Å². The average molecular weight is 343 g/mol. The highest BCUT2D eigenvalue weighted by Crippen LogP contribution is 2.14. The van der Waals surface area contributed by atoms with Crippen LogP contribution < -0.4 is 10.6 Å². The maximum Gasteiger partial charge on any atom is 0.171 e. The Morgan fingerprint density at radius 1 is 1.04 bits per heavy atom. The van der Waals surface area contributed by atoms with Crippen molar-refractivity contribution in [3.05, 3.63) is 65.5 Å². The lowest BCUT2D eigenvalue weighted by molar-refractivity contribution is 0.331. The van der Waals surface area contributed by atoms with Crippen LogP contribution in [-0.2, 0) is 13.1 Å². The first-order valence-corrected chi connectivity index (χ1v) is 8.70. The molecule has 1 aliphatic rings. The van der Waals surface area contributed by atoms with Gasteiger partial charge in [0.05, 0.1) is 0 Å². The molecule has 0 saturated carbocycles. The van der Waals surface area contributed by atoms with Crippen LogP contribution in [0.25, 0.3) is 0 Å². The van der Waals surface area contributed by atoms with Gasteiger partial charge >= 0.3 is 0 Å². The second kappa shape index (κ2) is 8.22. The summed E-state index contributed by atoms with van der Waals surface area (Å²) in [6.45, 7) is 4.09. The van der Waals surface area contributed by atoms with E-state index in [1.807, 2.05) is 0 Å². The molecule has 1 saturated heterocycles. The number of nitrogens with zero attached hydrogens (tertiary/aromatic N) is 1. The van der Waals surface area contributed by atoms with E-state index in [0.29, 0.717) is 11.7 Å². The highest BCUT2D eigenvalue weighted by Gasteiger charge is 2.11. The third kappa shape index (κ3) is 5.01. The Labute approximate surface area is 147 Å². The van der Waals surface area contributed by atoms with Gasteiger partial charge in [-0.15, -0.1) is 0 Å². The molecular weight excluding hydrogens is 321 g/mol. The van der Waals surface area contributed by atoms with E-state index in [9.17, 15) is 4.39 Å². The number of anilines is 1. The fourth-order valence-electron chi connectivity index (χ4n) is 2.93. The minimum atomic E-state index is -0.255. The highest BCUT2D eigenvalue weighted by molar-refractivity contribution is 7.80. The molecule has 0 spiro atoms. The average Bonchev–Trinajstić information content (AvgIpc) is 3.08. The molecule has 0 bridgehead atoms. The van der Waals surface area contributed by atoms with Gasteiger partial charge in [0.2, 0.25) is 0 Å². The smallest absolute Gasteiger partial charge is 0.171 e. The van der Waals surface area contributed by atoms with Gasteiger partial charge < -0.3 is 10.6 Å². The molecule has 1 aliphatic heterocycles. The lowest BCUT2D eigenvalue weighted by atomic mass is 10.1. The van der Waals surface area contributed by atoms with E-state index in [0.717, 1.165) is 12.2 Å². The summed E-state index contributed by atoms with van der Waals surface area (Å²) in [6.07, 6.45) is 2.62. The van der Waals surface area contributed by atoms with Gasteiger partial charge in [0.15, 0.2) is 5.11 Å². The fraction of sp³-hybridized carbons (Fsp3) is 0.316. The van der Waals surface area contributed by atoms with Crippen molar-refractivity contribution in [3.63, 3.8) is 0 Å². The number of rotatable bonds is 5.